The Balaban J connectivity index is 2.18. The number of aromatic nitrogens is 2. The van der Waals surface area contributed by atoms with Crippen LogP contribution in [-0.4, -0.2) is 15.7 Å². The molecule has 0 unspecified atom stereocenters. The maximum atomic E-state index is 12.7. The highest BCUT2D eigenvalue weighted by Crippen LogP contribution is 2.31. The molecule has 0 aliphatic rings. The van der Waals surface area contributed by atoms with Crippen molar-refractivity contribution in [3.8, 4) is 11.4 Å². The summed E-state index contributed by atoms with van der Waals surface area (Å²) in [7, 11) is 0. The monoisotopic (exact) mass is 299 g/mol. The molecule has 0 aliphatic carbocycles. The van der Waals surface area contributed by atoms with Gasteiger partial charge in [0.25, 0.3) is 0 Å². The predicted molar refractivity (Wildman–Crippen MR) is 71.3 cm³/mol. The largest absolute Gasteiger partial charge is 0.416 e. The van der Waals surface area contributed by atoms with E-state index in [2.05, 4.69) is 10.1 Å². The van der Waals surface area contributed by atoms with Crippen molar-refractivity contribution in [1.82, 2.24) is 10.1 Å². The van der Waals surface area contributed by atoms with Gasteiger partial charge in [0.1, 0.15) is 0 Å². The summed E-state index contributed by atoms with van der Waals surface area (Å²) >= 11 is 0. The van der Waals surface area contributed by atoms with Crippen LogP contribution in [0.4, 0.5) is 13.2 Å². The maximum Gasteiger partial charge on any atom is 0.416 e. The fraction of sp³-hybridized carbons (Fsp3) is 0.429. The van der Waals surface area contributed by atoms with Crippen LogP contribution in [0.25, 0.3) is 11.4 Å². The van der Waals surface area contributed by atoms with E-state index in [9.17, 15) is 13.2 Å². The Labute approximate surface area is 120 Å². The van der Waals surface area contributed by atoms with Crippen molar-refractivity contribution in [2.75, 3.05) is 0 Å². The quantitative estimate of drug-likeness (QED) is 0.939. The van der Waals surface area contributed by atoms with Crippen LogP contribution in [0.3, 0.4) is 0 Å². The lowest BCUT2D eigenvalue weighted by Gasteiger charge is -2.16. The molecular weight excluding hydrogens is 283 g/mol. The van der Waals surface area contributed by atoms with Gasteiger partial charge in [0.05, 0.1) is 5.56 Å². The lowest BCUT2D eigenvalue weighted by atomic mass is 10.0. The topological polar surface area (TPSA) is 64.9 Å². The normalized spacial score (nSPS) is 12.7. The number of aryl methyl sites for hydroxylation is 1. The van der Waals surface area contributed by atoms with Crippen molar-refractivity contribution in [3.05, 3.63) is 35.7 Å². The number of halogens is 3. The predicted octanol–water partition coefficient (Wildman–Crippen LogP) is 3.43. The van der Waals surface area contributed by atoms with Gasteiger partial charge in [0.15, 0.2) is 0 Å². The number of nitrogens with two attached hydrogens (primary N) is 1. The summed E-state index contributed by atoms with van der Waals surface area (Å²) in [5, 5.41) is 3.72. The van der Waals surface area contributed by atoms with Gasteiger partial charge in [-0.2, -0.15) is 18.2 Å². The first kappa shape index (κ1) is 15.5. The van der Waals surface area contributed by atoms with Crippen molar-refractivity contribution in [2.45, 2.75) is 38.4 Å². The van der Waals surface area contributed by atoms with Crippen LogP contribution in [-0.2, 0) is 12.6 Å². The molecule has 0 atom stereocenters. The fourth-order valence-corrected chi connectivity index (χ4v) is 1.74. The van der Waals surface area contributed by atoms with E-state index in [-0.39, 0.29) is 16.9 Å². The average Bonchev–Trinajstić information content (AvgIpc) is 2.83. The van der Waals surface area contributed by atoms with Gasteiger partial charge in [-0.1, -0.05) is 17.3 Å². The number of hydrogen-bond donors (Lipinski definition) is 1. The molecule has 0 saturated heterocycles. The van der Waals surface area contributed by atoms with Gasteiger partial charge in [-0.3, -0.25) is 0 Å². The first-order valence-corrected chi connectivity index (χ1v) is 6.44. The zero-order chi connectivity index (χ0) is 15.7. The summed E-state index contributed by atoms with van der Waals surface area (Å²) in [6, 6.07) is 4.83. The van der Waals surface area contributed by atoms with E-state index >= 15 is 0 Å². The van der Waals surface area contributed by atoms with E-state index in [0.29, 0.717) is 18.7 Å². The molecule has 0 fully saturated rings. The first-order valence-electron chi connectivity index (χ1n) is 6.44. The maximum absolute atomic E-state index is 12.7. The van der Waals surface area contributed by atoms with Gasteiger partial charge in [-0.05, 0) is 32.4 Å². The van der Waals surface area contributed by atoms with Crippen LogP contribution in [0.15, 0.2) is 28.8 Å². The number of benzene rings is 1. The molecule has 0 spiro atoms. The SMILES string of the molecule is CC(C)(N)CCc1nc(-c2cccc(C(F)(F)F)c2)no1. The Morgan fingerprint density at radius 3 is 2.57 bits per heavy atom. The van der Waals surface area contributed by atoms with E-state index in [4.69, 9.17) is 10.3 Å². The highest BCUT2D eigenvalue weighted by molar-refractivity contribution is 5.55. The third-order valence-corrected chi connectivity index (χ3v) is 2.90. The van der Waals surface area contributed by atoms with Crippen LogP contribution >= 0.6 is 0 Å². The van der Waals surface area contributed by atoms with Gasteiger partial charge in [0.2, 0.25) is 11.7 Å². The number of hydrogen-bond acceptors (Lipinski definition) is 4. The number of nitrogens with zero attached hydrogens (tertiary/aromatic N) is 2. The minimum atomic E-state index is -4.40. The molecule has 1 aromatic heterocycles. The molecule has 0 saturated carbocycles. The van der Waals surface area contributed by atoms with Gasteiger partial charge < -0.3 is 10.3 Å². The molecule has 2 N–H and O–H groups in total. The van der Waals surface area contributed by atoms with E-state index in [1.807, 2.05) is 13.8 Å². The summed E-state index contributed by atoms with van der Waals surface area (Å²) in [6.07, 6.45) is -3.28. The Kier molecular flexibility index (Phi) is 4.04. The van der Waals surface area contributed by atoms with Crippen molar-refractivity contribution in [3.63, 3.8) is 0 Å². The van der Waals surface area contributed by atoms with Crippen molar-refractivity contribution < 1.29 is 17.7 Å². The van der Waals surface area contributed by atoms with Gasteiger partial charge >= 0.3 is 6.18 Å². The van der Waals surface area contributed by atoms with Gasteiger partial charge in [0, 0.05) is 17.5 Å². The van der Waals surface area contributed by atoms with E-state index in [0.717, 1.165) is 12.1 Å². The Bertz CT molecular complexity index is 614. The third kappa shape index (κ3) is 4.29. The lowest BCUT2D eigenvalue weighted by molar-refractivity contribution is -0.137. The van der Waals surface area contributed by atoms with Crippen LogP contribution in [0, 0.1) is 0 Å². The zero-order valence-corrected chi connectivity index (χ0v) is 11.7. The first-order chi connectivity index (χ1) is 9.65. The van der Waals surface area contributed by atoms with E-state index < -0.39 is 11.7 Å². The number of alkyl halides is 3. The van der Waals surface area contributed by atoms with Gasteiger partial charge in [-0.15, -0.1) is 0 Å². The molecule has 1 heterocycles. The number of rotatable bonds is 4. The summed E-state index contributed by atoms with van der Waals surface area (Å²) in [5.74, 6) is 0.506. The zero-order valence-electron chi connectivity index (χ0n) is 11.7. The molecule has 114 valence electrons. The minimum absolute atomic E-state index is 0.144. The standard InChI is InChI=1S/C14H16F3N3O/c1-13(2,18)7-6-11-19-12(20-21-11)9-4-3-5-10(8-9)14(15,16)17/h3-5,8H,6-7,18H2,1-2H3. The Hall–Kier alpha value is -1.89. The highest BCUT2D eigenvalue weighted by Gasteiger charge is 2.30. The minimum Gasteiger partial charge on any atom is -0.339 e. The molecule has 0 radical (unpaired) electrons. The van der Waals surface area contributed by atoms with Crippen LogP contribution in [0.5, 0.6) is 0 Å². The summed E-state index contributed by atoms with van der Waals surface area (Å²) in [4.78, 5) is 4.11. The van der Waals surface area contributed by atoms with Crippen molar-refractivity contribution in [1.29, 1.82) is 0 Å². The lowest BCUT2D eigenvalue weighted by Crippen LogP contribution is -2.32. The Morgan fingerprint density at radius 2 is 1.95 bits per heavy atom. The van der Waals surface area contributed by atoms with Crippen LogP contribution in [0.1, 0.15) is 31.7 Å². The van der Waals surface area contributed by atoms with Crippen molar-refractivity contribution >= 4 is 0 Å². The fourth-order valence-electron chi connectivity index (χ4n) is 1.74. The second kappa shape index (κ2) is 5.48. The van der Waals surface area contributed by atoms with Crippen molar-refractivity contribution in [2.24, 2.45) is 5.73 Å². The molecule has 0 bridgehead atoms. The molecule has 0 aliphatic heterocycles. The molecule has 21 heavy (non-hydrogen) atoms. The molecule has 0 amide bonds. The molecule has 4 nitrogen and oxygen atoms in total. The second-order valence-corrected chi connectivity index (χ2v) is 5.58. The Morgan fingerprint density at radius 1 is 1.24 bits per heavy atom. The molecule has 2 aromatic rings. The summed E-state index contributed by atoms with van der Waals surface area (Å²) in [6.45, 7) is 3.74. The van der Waals surface area contributed by atoms with E-state index in [1.54, 1.807) is 0 Å². The summed E-state index contributed by atoms with van der Waals surface area (Å²) in [5.41, 5.74) is 5.01. The molecule has 1 aromatic carbocycles. The molecular formula is C14H16F3N3O. The summed E-state index contributed by atoms with van der Waals surface area (Å²) < 4.78 is 43.0. The van der Waals surface area contributed by atoms with Crippen LogP contribution in [0.2, 0.25) is 0 Å². The average molecular weight is 299 g/mol. The molecule has 2 rings (SSSR count). The third-order valence-electron chi connectivity index (χ3n) is 2.90. The van der Waals surface area contributed by atoms with Gasteiger partial charge in [-0.25, -0.2) is 0 Å². The second-order valence-electron chi connectivity index (χ2n) is 5.58. The van der Waals surface area contributed by atoms with Crippen LogP contribution < -0.4 is 5.73 Å². The molecule has 7 heteroatoms. The smallest absolute Gasteiger partial charge is 0.339 e. The van der Waals surface area contributed by atoms with E-state index in [1.165, 1.54) is 12.1 Å². The highest BCUT2D eigenvalue weighted by atomic mass is 19.4.